The summed E-state index contributed by atoms with van der Waals surface area (Å²) in [4.78, 5) is 12.9. The first-order valence-electron chi connectivity index (χ1n) is 7.67. The zero-order chi connectivity index (χ0) is 17.0. The van der Waals surface area contributed by atoms with Crippen molar-refractivity contribution in [3.8, 4) is 5.75 Å². The summed E-state index contributed by atoms with van der Waals surface area (Å²) in [5.74, 6) is -0.219. The van der Waals surface area contributed by atoms with Gasteiger partial charge in [0.25, 0.3) is 5.91 Å². The second-order valence-electron chi connectivity index (χ2n) is 5.59. The third-order valence-electron chi connectivity index (χ3n) is 4.11. The Morgan fingerprint density at radius 2 is 2.08 bits per heavy atom. The number of hydrogen-bond acceptors (Lipinski definition) is 4. The molecule has 2 aromatic rings. The number of alkyl halides is 2. The van der Waals surface area contributed by atoms with Crippen LogP contribution in [0.2, 0.25) is 0 Å². The third-order valence-corrected chi connectivity index (χ3v) is 4.11. The van der Waals surface area contributed by atoms with Crippen LogP contribution in [-0.4, -0.2) is 35.4 Å². The fraction of sp³-hybridized carbons (Fsp3) is 0.375. The van der Waals surface area contributed by atoms with E-state index in [1.165, 1.54) is 12.1 Å². The van der Waals surface area contributed by atoms with Crippen LogP contribution < -0.4 is 15.4 Å². The van der Waals surface area contributed by atoms with Gasteiger partial charge in [-0.2, -0.15) is 13.9 Å². The third kappa shape index (κ3) is 4.26. The molecule has 2 heterocycles. The minimum atomic E-state index is -2.91. The van der Waals surface area contributed by atoms with Gasteiger partial charge in [-0.3, -0.25) is 9.48 Å². The molecule has 2 N–H and O–H groups in total. The van der Waals surface area contributed by atoms with Crippen LogP contribution in [0.1, 0.15) is 12.8 Å². The highest BCUT2D eigenvalue weighted by atomic mass is 35.5. The number of piperidine rings is 1. The Morgan fingerprint density at radius 3 is 2.72 bits per heavy atom. The first-order chi connectivity index (χ1) is 11.6. The second kappa shape index (κ2) is 8.26. The van der Waals surface area contributed by atoms with E-state index in [1.807, 2.05) is 0 Å². The molecule has 1 aromatic carbocycles. The quantitative estimate of drug-likeness (QED) is 0.846. The lowest BCUT2D eigenvalue weighted by Gasteiger charge is -2.36. The average molecular weight is 373 g/mol. The highest BCUT2D eigenvalue weighted by molar-refractivity contribution is 5.96. The summed E-state index contributed by atoms with van der Waals surface area (Å²) in [6.07, 6.45) is 4.58. The van der Waals surface area contributed by atoms with Gasteiger partial charge in [0.05, 0.1) is 0 Å². The van der Waals surface area contributed by atoms with Gasteiger partial charge in [0.2, 0.25) is 0 Å². The largest absolute Gasteiger partial charge is 0.435 e. The fourth-order valence-corrected chi connectivity index (χ4v) is 2.92. The van der Waals surface area contributed by atoms with Gasteiger partial charge in [0, 0.05) is 24.1 Å². The molecule has 0 spiro atoms. The van der Waals surface area contributed by atoms with E-state index in [0.29, 0.717) is 31.6 Å². The maximum atomic E-state index is 12.9. The zero-order valence-corrected chi connectivity index (χ0v) is 14.1. The molecule has 0 aliphatic carbocycles. The molecule has 6 nitrogen and oxygen atoms in total. The summed E-state index contributed by atoms with van der Waals surface area (Å²) in [6.45, 7) is -1.51. The molecule has 0 unspecified atom stereocenters. The lowest BCUT2D eigenvalue weighted by atomic mass is 9.87. The molecule has 1 saturated heterocycles. The maximum Gasteiger partial charge on any atom is 0.387 e. The average Bonchev–Trinajstić information content (AvgIpc) is 3.10. The van der Waals surface area contributed by atoms with E-state index in [4.69, 9.17) is 0 Å². The van der Waals surface area contributed by atoms with E-state index < -0.39 is 12.2 Å². The van der Waals surface area contributed by atoms with Crippen molar-refractivity contribution in [2.24, 2.45) is 0 Å². The summed E-state index contributed by atoms with van der Waals surface area (Å²) < 4.78 is 30.7. The standard InChI is InChI=1S/C16H18F2N4O2.ClH/c17-15(18)24-13-4-1-3-12(11-13)21-14(23)16(5-8-19-9-6-16)22-10-2-7-20-22;/h1-4,7,10-11,15,19H,5-6,8-9H2,(H,21,23);1H. The number of ether oxygens (including phenoxy) is 1. The van der Waals surface area contributed by atoms with E-state index >= 15 is 0 Å². The molecular weight excluding hydrogens is 354 g/mol. The number of hydrogen-bond donors (Lipinski definition) is 2. The summed E-state index contributed by atoms with van der Waals surface area (Å²) in [5.41, 5.74) is -0.392. The number of carbonyl (C=O) groups excluding carboxylic acids is 1. The van der Waals surface area contributed by atoms with Gasteiger partial charge in [-0.15, -0.1) is 12.4 Å². The molecule has 1 aliphatic rings. The van der Waals surface area contributed by atoms with Crippen molar-refractivity contribution < 1.29 is 18.3 Å². The molecular formula is C16H19ClF2N4O2. The number of halogens is 3. The van der Waals surface area contributed by atoms with Gasteiger partial charge >= 0.3 is 6.61 Å². The molecule has 0 atom stereocenters. The number of nitrogens with one attached hydrogen (secondary N) is 2. The molecule has 9 heteroatoms. The van der Waals surface area contributed by atoms with E-state index in [1.54, 1.807) is 35.3 Å². The van der Waals surface area contributed by atoms with Crippen molar-refractivity contribution in [2.75, 3.05) is 18.4 Å². The monoisotopic (exact) mass is 372 g/mol. The van der Waals surface area contributed by atoms with Crippen LogP contribution >= 0.6 is 12.4 Å². The summed E-state index contributed by atoms with van der Waals surface area (Å²) in [7, 11) is 0. The van der Waals surface area contributed by atoms with Gasteiger partial charge in [-0.25, -0.2) is 0 Å². The highest BCUT2D eigenvalue weighted by Crippen LogP contribution is 2.29. The van der Waals surface area contributed by atoms with Crippen molar-refractivity contribution in [1.29, 1.82) is 0 Å². The minimum Gasteiger partial charge on any atom is -0.435 e. The molecule has 0 saturated carbocycles. The zero-order valence-electron chi connectivity index (χ0n) is 13.3. The Labute approximate surface area is 150 Å². The van der Waals surface area contributed by atoms with Crippen LogP contribution in [0, 0.1) is 0 Å². The normalized spacial score (nSPS) is 16.1. The van der Waals surface area contributed by atoms with Crippen molar-refractivity contribution in [2.45, 2.75) is 25.0 Å². The van der Waals surface area contributed by atoms with Crippen LogP contribution in [0.15, 0.2) is 42.7 Å². The minimum absolute atomic E-state index is 0. The van der Waals surface area contributed by atoms with Crippen molar-refractivity contribution >= 4 is 24.0 Å². The van der Waals surface area contributed by atoms with Crippen molar-refractivity contribution in [3.63, 3.8) is 0 Å². The van der Waals surface area contributed by atoms with E-state index in [2.05, 4.69) is 20.5 Å². The van der Waals surface area contributed by atoms with Gasteiger partial charge < -0.3 is 15.4 Å². The van der Waals surface area contributed by atoms with Crippen LogP contribution in [-0.2, 0) is 10.3 Å². The van der Waals surface area contributed by atoms with Gasteiger partial charge in [0.1, 0.15) is 11.3 Å². The summed E-state index contributed by atoms with van der Waals surface area (Å²) in [6, 6.07) is 7.75. The first kappa shape index (κ1) is 19.1. The van der Waals surface area contributed by atoms with Crippen LogP contribution in [0.3, 0.4) is 0 Å². The molecule has 0 bridgehead atoms. The Balaban J connectivity index is 0.00000225. The first-order valence-corrected chi connectivity index (χ1v) is 7.67. The van der Waals surface area contributed by atoms with Gasteiger partial charge in [-0.05, 0) is 44.1 Å². The Bertz CT molecular complexity index is 691. The number of aromatic nitrogens is 2. The van der Waals surface area contributed by atoms with Crippen molar-refractivity contribution in [3.05, 3.63) is 42.7 Å². The maximum absolute atomic E-state index is 12.9. The highest BCUT2D eigenvalue weighted by Gasteiger charge is 2.42. The SMILES string of the molecule is Cl.O=C(Nc1cccc(OC(F)F)c1)C1(n2cccn2)CCNCC1. The molecule has 1 aliphatic heterocycles. The van der Waals surface area contributed by atoms with Crippen LogP contribution in [0.4, 0.5) is 14.5 Å². The van der Waals surface area contributed by atoms with E-state index in [9.17, 15) is 13.6 Å². The Kier molecular flexibility index (Phi) is 6.33. The molecule has 25 heavy (non-hydrogen) atoms. The smallest absolute Gasteiger partial charge is 0.387 e. The predicted molar refractivity (Wildman–Crippen MR) is 91.3 cm³/mol. The number of anilines is 1. The van der Waals surface area contributed by atoms with Crippen LogP contribution in [0.5, 0.6) is 5.75 Å². The Hall–Kier alpha value is -2.19. The lowest BCUT2D eigenvalue weighted by molar-refractivity contribution is -0.126. The second-order valence-corrected chi connectivity index (χ2v) is 5.59. The van der Waals surface area contributed by atoms with E-state index in [-0.39, 0.29) is 24.1 Å². The van der Waals surface area contributed by atoms with Crippen LogP contribution in [0.25, 0.3) is 0 Å². The fourth-order valence-electron chi connectivity index (χ4n) is 2.92. The molecule has 3 rings (SSSR count). The molecule has 1 amide bonds. The Morgan fingerprint density at radius 1 is 1.32 bits per heavy atom. The predicted octanol–water partition coefficient (Wildman–Crippen LogP) is 2.62. The topological polar surface area (TPSA) is 68.2 Å². The molecule has 0 radical (unpaired) electrons. The molecule has 136 valence electrons. The molecule has 1 aromatic heterocycles. The number of nitrogens with zero attached hydrogens (tertiary/aromatic N) is 2. The number of benzene rings is 1. The summed E-state index contributed by atoms with van der Waals surface area (Å²) in [5, 5.41) is 10.3. The number of rotatable bonds is 5. The van der Waals surface area contributed by atoms with E-state index in [0.717, 1.165) is 0 Å². The summed E-state index contributed by atoms with van der Waals surface area (Å²) >= 11 is 0. The van der Waals surface area contributed by atoms with Gasteiger partial charge in [0.15, 0.2) is 0 Å². The lowest BCUT2D eigenvalue weighted by Crippen LogP contribution is -2.52. The number of amides is 1. The van der Waals surface area contributed by atoms with Gasteiger partial charge in [-0.1, -0.05) is 6.07 Å². The van der Waals surface area contributed by atoms with Crippen molar-refractivity contribution in [1.82, 2.24) is 15.1 Å². The number of carbonyl (C=O) groups is 1. The molecule has 1 fully saturated rings.